The predicted molar refractivity (Wildman–Crippen MR) is 87.7 cm³/mol. The zero-order chi connectivity index (χ0) is 15.9. The van der Waals surface area contributed by atoms with E-state index in [1.165, 1.54) is 0 Å². The van der Waals surface area contributed by atoms with Crippen molar-refractivity contribution in [1.29, 1.82) is 0 Å². The van der Waals surface area contributed by atoms with Crippen LogP contribution in [0, 0.1) is 0 Å². The van der Waals surface area contributed by atoms with Crippen LogP contribution in [0.4, 0.5) is 0 Å². The van der Waals surface area contributed by atoms with Crippen LogP contribution in [0.25, 0.3) is 0 Å². The molecule has 5 heteroatoms. The second-order valence-corrected chi connectivity index (χ2v) is 5.33. The van der Waals surface area contributed by atoms with Gasteiger partial charge in [-0.05, 0) is 35.4 Å². The lowest BCUT2D eigenvalue weighted by atomic mass is 10.1. The fourth-order valence-electron chi connectivity index (χ4n) is 2.18. The number of hydrogen-bond donors (Lipinski definition) is 2. The standard InChI is InChI=1S/C17H20ClNO3/c1-21-16-7-6-13(9-17(16)22-2)15(20)11-19-10-12-4-3-5-14(18)8-12/h3-9,15,19-20H,10-11H2,1-2H3. The van der Waals surface area contributed by atoms with Gasteiger partial charge in [0.15, 0.2) is 11.5 Å². The van der Waals surface area contributed by atoms with Gasteiger partial charge in [0, 0.05) is 18.1 Å². The average molecular weight is 322 g/mol. The Morgan fingerprint density at radius 1 is 1.09 bits per heavy atom. The largest absolute Gasteiger partial charge is 0.493 e. The van der Waals surface area contributed by atoms with Gasteiger partial charge >= 0.3 is 0 Å². The van der Waals surface area contributed by atoms with Crippen molar-refractivity contribution < 1.29 is 14.6 Å². The first kappa shape index (κ1) is 16.6. The van der Waals surface area contributed by atoms with Gasteiger partial charge in [-0.15, -0.1) is 0 Å². The van der Waals surface area contributed by atoms with E-state index in [1.807, 2.05) is 30.3 Å². The molecule has 0 fully saturated rings. The van der Waals surface area contributed by atoms with Gasteiger partial charge in [0.05, 0.1) is 20.3 Å². The quantitative estimate of drug-likeness (QED) is 0.822. The summed E-state index contributed by atoms with van der Waals surface area (Å²) < 4.78 is 10.4. The highest BCUT2D eigenvalue weighted by Gasteiger charge is 2.11. The number of aliphatic hydroxyl groups excluding tert-OH is 1. The summed E-state index contributed by atoms with van der Waals surface area (Å²) in [6.45, 7) is 1.08. The Morgan fingerprint density at radius 2 is 1.86 bits per heavy atom. The number of methoxy groups -OCH3 is 2. The number of ether oxygens (including phenoxy) is 2. The minimum absolute atomic E-state index is 0.433. The maximum Gasteiger partial charge on any atom is 0.161 e. The third kappa shape index (κ3) is 4.37. The van der Waals surface area contributed by atoms with E-state index in [0.29, 0.717) is 29.6 Å². The fraction of sp³-hybridized carbons (Fsp3) is 0.294. The molecule has 22 heavy (non-hydrogen) atoms. The summed E-state index contributed by atoms with van der Waals surface area (Å²) in [5.74, 6) is 1.25. The topological polar surface area (TPSA) is 50.7 Å². The van der Waals surface area contributed by atoms with E-state index in [2.05, 4.69) is 5.32 Å². The molecule has 0 aliphatic carbocycles. The van der Waals surface area contributed by atoms with E-state index in [-0.39, 0.29) is 0 Å². The molecule has 0 bridgehead atoms. The molecular formula is C17H20ClNO3. The minimum Gasteiger partial charge on any atom is -0.493 e. The lowest BCUT2D eigenvalue weighted by molar-refractivity contribution is 0.174. The molecule has 2 aromatic carbocycles. The summed E-state index contributed by atoms with van der Waals surface area (Å²) in [6.07, 6.45) is -0.626. The van der Waals surface area contributed by atoms with Crippen LogP contribution in [0.3, 0.4) is 0 Å². The van der Waals surface area contributed by atoms with E-state index in [0.717, 1.165) is 11.1 Å². The summed E-state index contributed by atoms with van der Waals surface area (Å²) >= 11 is 5.94. The van der Waals surface area contributed by atoms with Crippen molar-refractivity contribution in [3.8, 4) is 11.5 Å². The second kappa shape index (κ2) is 8.03. The smallest absolute Gasteiger partial charge is 0.161 e. The van der Waals surface area contributed by atoms with Gasteiger partial charge in [0.2, 0.25) is 0 Å². The van der Waals surface area contributed by atoms with Gasteiger partial charge in [-0.3, -0.25) is 0 Å². The number of rotatable bonds is 7. The van der Waals surface area contributed by atoms with Crippen molar-refractivity contribution >= 4 is 11.6 Å². The summed E-state index contributed by atoms with van der Waals surface area (Å²) in [5, 5.41) is 14.2. The zero-order valence-corrected chi connectivity index (χ0v) is 13.4. The summed E-state index contributed by atoms with van der Waals surface area (Å²) in [6, 6.07) is 13.0. The third-order valence-corrected chi connectivity index (χ3v) is 3.58. The molecule has 2 aromatic rings. The van der Waals surface area contributed by atoms with Crippen LogP contribution in [-0.4, -0.2) is 25.9 Å². The highest BCUT2D eigenvalue weighted by atomic mass is 35.5. The van der Waals surface area contributed by atoms with E-state index in [1.54, 1.807) is 26.4 Å². The molecule has 0 aromatic heterocycles. The Morgan fingerprint density at radius 3 is 2.55 bits per heavy atom. The number of halogens is 1. The first-order valence-corrected chi connectivity index (χ1v) is 7.37. The Hall–Kier alpha value is -1.75. The maximum atomic E-state index is 10.3. The highest BCUT2D eigenvalue weighted by molar-refractivity contribution is 6.30. The van der Waals surface area contributed by atoms with Crippen molar-refractivity contribution in [1.82, 2.24) is 5.32 Å². The SMILES string of the molecule is COc1ccc(C(O)CNCc2cccc(Cl)c2)cc1OC. The minimum atomic E-state index is -0.626. The van der Waals surface area contributed by atoms with Crippen LogP contribution >= 0.6 is 11.6 Å². The van der Waals surface area contributed by atoms with Crippen LogP contribution in [0.5, 0.6) is 11.5 Å². The molecule has 1 unspecified atom stereocenters. The van der Waals surface area contributed by atoms with Crippen LogP contribution in [0.2, 0.25) is 5.02 Å². The molecule has 2 rings (SSSR count). The van der Waals surface area contributed by atoms with Crippen LogP contribution in [0.1, 0.15) is 17.2 Å². The normalized spacial score (nSPS) is 12.0. The molecule has 4 nitrogen and oxygen atoms in total. The van der Waals surface area contributed by atoms with Gasteiger partial charge < -0.3 is 19.9 Å². The van der Waals surface area contributed by atoms with Gasteiger partial charge in [-0.1, -0.05) is 29.8 Å². The molecule has 1 atom stereocenters. The Kier molecular flexibility index (Phi) is 6.07. The van der Waals surface area contributed by atoms with Crippen molar-refractivity contribution in [2.75, 3.05) is 20.8 Å². The first-order valence-electron chi connectivity index (χ1n) is 6.99. The van der Waals surface area contributed by atoms with E-state index >= 15 is 0 Å². The summed E-state index contributed by atoms with van der Waals surface area (Å²) in [7, 11) is 3.16. The molecule has 0 aliphatic heterocycles. The highest BCUT2D eigenvalue weighted by Crippen LogP contribution is 2.29. The molecular weight excluding hydrogens is 302 g/mol. The van der Waals surface area contributed by atoms with Gasteiger partial charge in [-0.25, -0.2) is 0 Å². The average Bonchev–Trinajstić information content (AvgIpc) is 2.54. The summed E-state index contributed by atoms with van der Waals surface area (Å²) in [4.78, 5) is 0. The van der Waals surface area contributed by atoms with Crippen molar-refractivity contribution in [3.05, 3.63) is 58.6 Å². The van der Waals surface area contributed by atoms with Crippen LogP contribution < -0.4 is 14.8 Å². The number of hydrogen-bond acceptors (Lipinski definition) is 4. The lowest BCUT2D eigenvalue weighted by Gasteiger charge is -2.15. The van der Waals surface area contributed by atoms with Gasteiger partial charge in [0.25, 0.3) is 0 Å². The van der Waals surface area contributed by atoms with Crippen LogP contribution in [-0.2, 0) is 6.54 Å². The number of benzene rings is 2. The molecule has 0 saturated carbocycles. The Labute approximate surface area is 135 Å². The van der Waals surface area contributed by atoms with E-state index in [9.17, 15) is 5.11 Å². The molecule has 0 aliphatic rings. The first-order chi connectivity index (χ1) is 10.6. The number of aliphatic hydroxyl groups is 1. The molecule has 0 heterocycles. The Bertz CT molecular complexity index is 619. The maximum absolute atomic E-state index is 10.3. The summed E-state index contributed by atoms with van der Waals surface area (Å²) in [5.41, 5.74) is 1.85. The molecule has 0 radical (unpaired) electrons. The zero-order valence-electron chi connectivity index (χ0n) is 12.7. The number of nitrogens with one attached hydrogen (secondary N) is 1. The molecule has 118 valence electrons. The van der Waals surface area contributed by atoms with Crippen molar-refractivity contribution in [3.63, 3.8) is 0 Å². The van der Waals surface area contributed by atoms with Gasteiger partial charge in [0.1, 0.15) is 0 Å². The molecule has 0 spiro atoms. The fourth-order valence-corrected chi connectivity index (χ4v) is 2.39. The van der Waals surface area contributed by atoms with Crippen molar-refractivity contribution in [2.24, 2.45) is 0 Å². The van der Waals surface area contributed by atoms with Crippen molar-refractivity contribution in [2.45, 2.75) is 12.6 Å². The van der Waals surface area contributed by atoms with Gasteiger partial charge in [-0.2, -0.15) is 0 Å². The van der Waals surface area contributed by atoms with E-state index < -0.39 is 6.10 Å². The lowest BCUT2D eigenvalue weighted by Crippen LogP contribution is -2.21. The third-order valence-electron chi connectivity index (χ3n) is 3.35. The molecule has 0 saturated heterocycles. The predicted octanol–water partition coefficient (Wildman–Crippen LogP) is 3.18. The molecule has 0 amide bonds. The van der Waals surface area contributed by atoms with E-state index in [4.69, 9.17) is 21.1 Å². The Balaban J connectivity index is 1.93. The molecule has 2 N–H and O–H groups in total. The monoisotopic (exact) mass is 321 g/mol. The van der Waals surface area contributed by atoms with Crippen LogP contribution in [0.15, 0.2) is 42.5 Å². The second-order valence-electron chi connectivity index (χ2n) is 4.89.